The van der Waals surface area contributed by atoms with Gasteiger partial charge in [0.05, 0.1) is 6.61 Å². The van der Waals surface area contributed by atoms with E-state index in [0.29, 0.717) is 6.61 Å². The summed E-state index contributed by atoms with van der Waals surface area (Å²) in [5, 5.41) is 9.65. The predicted molar refractivity (Wildman–Crippen MR) is 128 cm³/mol. The van der Waals surface area contributed by atoms with Crippen LogP contribution in [-0.4, -0.2) is 40.0 Å². The fourth-order valence-corrected chi connectivity index (χ4v) is 3.18. The molecule has 0 amide bonds. The van der Waals surface area contributed by atoms with Crippen LogP contribution < -0.4 is 20.0 Å². The highest BCUT2D eigenvalue weighted by Gasteiger charge is 2.11. The number of ether oxygens (including phenoxy) is 1. The van der Waals surface area contributed by atoms with E-state index in [1.165, 1.54) is 11.3 Å². The van der Waals surface area contributed by atoms with Gasteiger partial charge in [0.15, 0.2) is 0 Å². The minimum atomic E-state index is 0.625. The van der Waals surface area contributed by atoms with Crippen molar-refractivity contribution in [1.29, 1.82) is 0 Å². The van der Waals surface area contributed by atoms with Crippen LogP contribution in [0.4, 0.5) is 17.1 Å². The minimum Gasteiger partial charge on any atom is -0.492 e. The topological polar surface area (TPSA) is 40.1 Å². The lowest BCUT2D eigenvalue weighted by molar-refractivity contribution is 0.341. The molecule has 1 N–H and O–H groups in total. The monoisotopic (exact) mass is 394 g/mol. The summed E-state index contributed by atoms with van der Waals surface area (Å²) in [6.45, 7) is 8.90. The number of benzene rings is 2. The van der Waals surface area contributed by atoms with Crippen LogP contribution in [0.1, 0.15) is 32.8 Å². The molecule has 2 aromatic rings. The molecule has 156 valence electrons. The van der Waals surface area contributed by atoms with Gasteiger partial charge >= 0.3 is 0 Å². The van der Waals surface area contributed by atoms with Crippen molar-refractivity contribution in [2.75, 3.05) is 49.0 Å². The lowest BCUT2D eigenvalue weighted by Crippen LogP contribution is -2.22. The number of para-hydroxylation sites is 1. The summed E-state index contributed by atoms with van der Waals surface area (Å²) in [6, 6.07) is 14.5. The van der Waals surface area contributed by atoms with Crippen molar-refractivity contribution in [1.82, 2.24) is 0 Å². The fourth-order valence-electron chi connectivity index (χ4n) is 3.18. The number of allylic oxidation sites excluding steroid dienone is 1. The highest BCUT2D eigenvalue weighted by molar-refractivity contribution is 5.71. The maximum Gasteiger partial charge on any atom is 0.146 e. The number of nitrogens with zero attached hydrogens (tertiary/aromatic N) is 3. The van der Waals surface area contributed by atoms with Gasteiger partial charge in [0, 0.05) is 57.3 Å². The van der Waals surface area contributed by atoms with Gasteiger partial charge < -0.3 is 15.0 Å². The van der Waals surface area contributed by atoms with Gasteiger partial charge in [-0.25, -0.2) is 0 Å². The first kappa shape index (κ1) is 22.3. The largest absolute Gasteiger partial charge is 0.492 e. The molecule has 0 bridgehead atoms. The first-order valence-corrected chi connectivity index (χ1v) is 10.4. The van der Waals surface area contributed by atoms with Crippen LogP contribution in [0.3, 0.4) is 0 Å². The second-order valence-electron chi connectivity index (χ2n) is 6.55. The third-order valence-corrected chi connectivity index (χ3v) is 4.74. The maximum atomic E-state index is 5.89. The minimum absolute atomic E-state index is 0.625. The molecule has 2 rings (SSSR count). The molecule has 0 spiro atoms. The number of rotatable bonds is 11. The molecule has 0 radical (unpaired) electrons. The van der Waals surface area contributed by atoms with Gasteiger partial charge in [-0.15, -0.1) is 0 Å². The molecular formula is C24H34N4O. The summed E-state index contributed by atoms with van der Waals surface area (Å²) in [5.74, 6) is 0.857. The van der Waals surface area contributed by atoms with Crippen molar-refractivity contribution in [3.05, 3.63) is 54.1 Å². The Labute approximate surface area is 175 Å². The number of hydrogen-bond donors (Lipinski definition) is 1. The first-order chi connectivity index (χ1) is 14.1. The van der Waals surface area contributed by atoms with E-state index in [9.17, 15) is 0 Å². The molecule has 0 aliphatic heterocycles. The van der Waals surface area contributed by atoms with Crippen molar-refractivity contribution in [3.63, 3.8) is 0 Å². The van der Waals surface area contributed by atoms with Crippen molar-refractivity contribution >= 4 is 29.4 Å². The SMILES string of the molecule is CCOc1cc(N(CC)CC)ccc1N(C)/N=C/C/C=C\c1ccccc1NC. The second-order valence-corrected chi connectivity index (χ2v) is 6.55. The normalized spacial score (nSPS) is 11.2. The summed E-state index contributed by atoms with van der Waals surface area (Å²) in [4.78, 5) is 2.31. The quantitative estimate of drug-likeness (QED) is 0.404. The lowest BCUT2D eigenvalue weighted by Gasteiger charge is -2.24. The van der Waals surface area contributed by atoms with Gasteiger partial charge in [-0.2, -0.15) is 5.10 Å². The molecule has 0 heterocycles. The molecule has 0 aliphatic rings. The standard InChI is InChI=1S/C24H34N4O/c1-6-28(7-2)21-16-17-23(24(19-21)29-8-3)27(5)26-18-12-11-14-20-13-9-10-15-22(20)25-4/h9-11,13-19,25H,6-8,12H2,1-5H3/b14-11-,26-18+. The zero-order valence-corrected chi connectivity index (χ0v) is 18.4. The Morgan fingerprint density at radius 1 is 1.07 bits per heavy atom. The van der Waals surface area contributed by atoms with E-state index in [4.69, 9.17) is 4.74 Å². The van der Waals surface area contributed by atoms with Crippen molar-refractivity contribution in [3.8, 4) is 5.75 Å². The summed E-state index contributed by atoms with van der Waals surface area (Å²) >= 11 is 0. The van der Waals surface area contributed by atoms with Crippen LogP contribution in [0.15, 0.2) is 53.6 Å². The van der Waals surface area contributed by atoms with E-state index < -0.39 is 0 Å². The Hall–Kier alpha value is -2.95. The molecule has 0 aliphatic carbocycles. The van der Waals surface area contributed by atoms with Crippen LogP contribution in [0.5, 0.6) is 5.75 Å². The molecule has 0 atom stereocenters. The van der Waals surface area contributed by atoms with Crippen LogP contribution in [0, 0.1) is 0 Å². The van der Waals surface area contributed by atoms with Crippen LogP contribution in [0.2, 0.25) is 0 Å². The van der Waals surface area contributed by atoms with Gasteiger partial charge in [0.1, 0.15) is 11.4 Å². The van der Waals surface area contributed by atoms with Gasteiger partial charge in [-0.3, -0.25) is 5.01 Å². The Balaban J connectivity index is 2.07. The first-order valence-electron chi connectivity index (χ1n) is 10.4. The number of hydrazone groups is 1. The molecule has 0 saturated heterocycles. The lowest BCUT2D eigenvalue weighted by atomic mass is 10.1. The average molecular weight is 395 g/mol. The van der Waals surface area contributed by atoms with E-state index in [1.807, 2.05) is 44.4 Å². The smallest absolute Gasteiger partial charge is 0.146 e. The van der Waals surface area contributed by atoms with Crippen LogP contribution in [0.25, 0.3) is 6.08 Å². The van der Waals surface area contributed by atoms with Crippen LogP contribution >= 0.6 is 0 Å². The Kier molecular flexibility index (Phi) is 9.09. The van der Waals surface area contributed by atoms with E-state index >= 15 is 0 Å². The number of anilines is 3. The average Bonchev–Trinajstić information content (AvgIpc) is 2.75. The van der Waals surface area contributed by atoms with Crippen LogP contribution in [-0.2, 0) is 0 Å². The highest BCUT2D eigenvalue weighted by atomic mass is 16.5. The van der Waals surface area contributed by atoms with E-state index in [0.717, 1.165) is 36.6 Å². The van der Waals surface area contributed by atoms with Crippen molar-refractivity contribution in [2.45, 2.75) is 27.2 Å². The summed E-state index contributed by atoms with van der Waals surface area (Å²) in [7, 11) is 3.88. The van der Waals surface area contributed by atoms with Gasteiger partial charge in [-0.05, 0) is 44.5 Å². The van der Waals surface area contributed by atoms with E-state index in [-0.39, 0.29) is 0 Å². The highest BCUT2D eigenvalue weighted by Crippen LogP contribution is 2.32. The summed E-state index contributed by atoms with van der Waals surface area (Å²) in [6.07, 6.45) is 6.89. The number of nitrogens with one attached hydrogen (secondary N) is 1. The third kappa shape index (κ3) is 6.28. The molecule has 0 aromatic heterocycles. The molecule has 5 heteroatoms. The molecule has 29 heavy (non-hydrogen) atoms. The summed E-state index contributed by atoms with van der Waals surface area (Å²) in [5.41, 5.74) is 4.42. The fraction of sp³-hybridized carbons (Fsp3) is 0.375. The van der Waals surface area contributed by atoms with Crippen molar-refractivity contribution < 1.29 is 4.74 Å². The Morgan fingerprint density at radius 2 is 1.83 bits per heavy atom. The van der Waals surface area contributed by atoms with Crippen molar-refractivity contribution in [2.24, 2.45) is 5.10 Å². The zero-order valence-electron chi connectivity index (χ0n) is 18.4. The van der Waals surface area contributed by atoms with E-state index in [2.05, 4.69) is 71.6 Å². The third-order valence-electron chi connectivity index (χ3n) is 4.74. The molecule has 0 unspecified atom stereocenters. The van der Waals surface area contributed by atoms with E-state index in [1.54, 1.807) is 0 Å². The Bertz CT molecular complexity index is 812. The van der Waals surface area contributed by atoms with Gasteiger partial charge in [-0.1, -0.05) is 30.4 Å². The maximum absolute atomic E-state index is 5.89. The number of hydrogen-bond acceptors (Lipinski definition) is 5. The molecular weight excluding hydrogens is 360 g/mol. The summed E-state index contributed by atoms with van der Waals surface area (Å²) < 4.78 is 5.89. The molecule has 0 fully saturated rings. The molecule has 5 nitrogen and oxygen atoms in total. The predicted octanol–water partition coefficient (Wildman–Crippen LogP) is 5.50. The van der Waals surface area contributed by atoms with Gasteiger partial charge in [0.25, 0.3) is 0 Å². The van der Waals surface area contributed by atoms with Gasteiger partial charge in [0.2, 0.25) is 0 Å². The molecule has 0 saturated carbocycles. The zero-order chi connectivity index (χ0) is 21.1. The Morgan fingerprint density at radius 3 is 2.52 bits per heavy atom. The molecule has 2 aromatic carbocycles. The second kappa shape index (κ2) is 11.8.